The van der Waals surface area contributed by atoms with E-state index in [-0.39, 0.29) is 10.6 Å². The van der Waals surface area contributed by atoms with E-state index in [0.29, 0.717) is 5.92 Å². The minimum Gasteiger partial charge on any atom is -0.358 e. The van der Waals surface area contributed by atoms with Crippen molar-refractivity contribution in [2.24, 2.45) is 0 Å². The van der Waals surface area contributed by atoms with Crippen LogP contribution in [0.15, 0.2) is 18.2 Å². The molecule has 1 heterocycles. The van der Waals surface area contributed by atoms with Crippen molar-refractivity contribution < 1.29 is 4.92 Å². The predicted molar refractivity (Wildman–Crippen MR) is 68.4 cm³/mol. The highest BCUT2D eigenvalue weighted by atomic mass is 16.6. The number of nitro groups is 1. The van der Waals surface area contributed by atoms with Gasteiger partial charge in [0, 0.05) is 11.8 Å². The highest BCUT2D eigenvalue weighted by Gasteiger charge is 2.20. The fourth-order valence-corrected chi connectivity index (χ4v) is 2.33. The molecule has 0 fully saturated rings. The highest BCUT2D eigenvalue weighted by molar-refractivity contribution is 5.93. The molecule has 1 N–H and O–H groups in total. The molecule has 0 bridgehead atoms. The van der Waals surface area contributed by atoms with Crippen LogP contribution in [0.5, 0.6) is 0 Å². The number of aromatic amines is 1. The normalized spacial score (nSPS) is 11.3. The Morgan fingerprint density at radius 3 is 2.65 bits per heavy atom. The first kappa shape index (κ1) is 11.6. The van der Waals surface area contributed by atoms with Gasteiger partial charge in [0.05, 0.1) is 15.8 Å². The summed E-state index contributed by atoms with van der Waals surface area (Å²) in [6.45, 7) is 6.22. The zero-order valence-corrected chi connectivity index (χ0v) is 10.3. The molecule has 0 aliphatic rings. The van der Waals surface area contributed by atoms with Crippen molar-refractivity contribution in [1.82, 2.24) is 4.98 Å². The number of hydrogen-bond donors (Lipinski definition) is 1. The maximum absolute atomic E-state index is 11.1. The maximum Gasteiger partial charge on any atom is 0.279 e. The van der Waals surface area contributed by atoms with Crippen LogP contribution < -0.4 is 0 Å². The first-order valence-electron chi connectivity index (χ1n) is 5.84. The number of nitrogens with zero attached hydrogens (tertiary/aromatic N) is 1. The van der Waals surface area contributed by atoms with E-state index in [1.165, 1.54) is 0 Å². The summed E-state index contributed by atoms with van der Waals surface area (Å²) in [7, 11) is 0. The Morgan fingerprint density at radius 2 is 2.12 bits per heavy atom. The Hall–Kier alpha value is -1.84. The van der Waals surface area contributed by atoms with Gasteiger partial charge in [0.15, 0.2) is 0 Å². The number of nitrogens with one attached hydrogen (secondary N) is 1. The lowest BCUT2D eigenvalue weighted by atomic mass is 10.0. The third-order valence-corrected chi connectivity index (χ3v) is 3.07. The van der Waals surface area contributed by atoms with E-state index in [4.69, 9.17) is 0 Å². The number of aromatic nitrogens is 1. The van der Waals surface area contributed by atoms with Crippen molar-refractivity contribution in [3.63, 3.8) is 0 Å². The molecule has 0 spiro atoms. The Balaban J connectivity index is 2.84. The third kappa shape index (κ3) is 1.79. The summed E-state index contributed by atoms with van der Waals surface area (Å²) in [5, 5.41) is 11.8. The first-order chi connectivity index (χ1) is 8.06. The Bertz CT molecular complexity index is 570. The minimum absolute atomic E-state index is 0.197. The molecule has 2 aromatic rings. The quantitative estimate of drug-likeness (QED) is 0.647. The molecular weight excluding hydrogens is 216 g/mol. The van der Waals surface area contributed by atoms with E-state index in [0.717, 1.165) is 28.6 Å². The maximum atomic E-state index is 11.1. The summed E-state index contributed by atoms with van der Waals surface area (Å²) >= 11 is 0. The second kappa shape index (κ2) is 4.20. The molecular formula is C13H16N2O2. The van der Waals surface area contributed by atoms with E-state index >= 15 is 0 Å². The Morgan fingerprint density at radius 1 is 1.41 bits per heavy atom. The summed E-state index contributed by atoms with van der Waals surface area (Å²) in [4.78, 5) is 14.1. The molecule has 0 unspecified atom stereocenters. The number of non-ortho nitro benzene ring substituents is 1. The van der Waals surface area contributed by atoms with Gasteiger partial charge in [0.25, 0.3) is 5.69 Å². The fourth-order valence-electron chi connectivity index (χ4n) is 2.33. The van der Waals surface area contributed by atoms with Crippen LogP contribution in [-0.4, -0.2) is 9.91 Å². The van der Waals surface area contributed by atoms with Crippen LogP contribution in [0.4, 0.5) is 5.69 Å². The van der Waals surface area contributed by atoms with E-state index in [1.807, 2.05) is 13.0 Å². The molecule has 17 heavy (non-hydrogen) atoms. The second-order valence-electron chi connectivity index (χ2n) is 4.48. The van der Waals surface area contributed by atoms with Gasteiger partial charge in [-0.3, -0.25) is 10.1 Å². The molecule has 0 amide bonds. The van der Waals surface area contributed by atoms with Crippen LogP contribution in [0.25, 0.3) is 10.9 Å². The molecule has 4 heteroatoms. The van der Waals surface area contributed by atoms with Crippen LogP contribution >= 0.6 is 0 Å². The van der Waals surface area contributed by atoms with Gasteiger partial charge >= 0.3 is 0 Å². The van der Waals surface area contributed by atoms with Crippen molar-refractivity contribution >= 4 is 16.6 Å². The fraction of sp³-hybridized carbons (Fsp3) is 0.385. The first-order valence-corrected chi connectivity index (χ1v) is 5.84. The van der Waals surface area contributed by atoms with E-state index in [1.54, 1.807) is 12.1 Å². The summed E-state index contributed by atoms with van der Waals surface area (Å²) in [5.74, 6) is 0.344. The number of aryl methyl sites for hydroxylation is 1. The molecule has 1 aromatic carbocycles. The third-order valence-electron chi connectivity index (χ3n) is 3.07. The second-order valence-corrected chi connectivity index (χ2v) is 4.48. The van der Waals surface area contributed by atoms with Crippen molar-refractivity contribution in [1.29, 1.82) is 0 Å². The van der Waals surface area contributed by atoms with Gasteiger partial charge in [-0.05, 0) is 24.0 Å². The van der Waals surface area contributed by atoms with Gasteiger partial charge in [-0.25, -0.2) is 0 Å². The Kier molecular flexibility index (Phi) is 2.88. The monoisotopic (exact) mass is 232 g/mol. The zero-order chi connectivity index (χ0) is 12.6. The van der Waals surface area contributed by atoms with Gasteiger partial charge in [-0.2, -0.15) is 0 Å². The number of benzene rings is 1. The average molecular weight is 232 g/mol. The van der Waals surface area contributed by atoms with Crippen LogP contribution in [0.1, 0.15) is 37.9 Å². The van der Waals surface area contributed by atoms with E-state index in [2.05, 4.69) is 18.8 Å². The van der Waals surface area contributed by atoms with Crippen LogP contribution in [0.3, 0.4) is 0 Å². The molecule has 90 valence electrons. The SMILES string of the molecule is CCc1c(C(C)C)[nH]c2cccc([N+](=O)[O-])c12. The zero-order valence-electron chi connectivity index (χ0n) is 10.3. The van der Waals surface area contributed by atoms with Crippen molar-refractivity contribution in [2.45, 2.75) is 33.1 Å². The topological polar surface area (TPSA) is 58.9 Å². The molecule has 0 saturated heterocycles. The summed E-state index contributed by atoms with van der Waals surface area (Å²) in [6, 6.07) is 5.19. The lowest BCUT2D eigenvalue weighted by Gasteiger charge is -2.05. The van der Waals surface area contributed by atoms with Crippen molar-refractivity contribution in [3.8, 4) is 0 Å². The average Bonchev–Trinajstić information content (AvgIpc) is 2.66. The van der Waals surface area contributed by atoms with E-state index in [9.17, 15) is 10.1 Å². The molecule has 2 rings (SSSR count). The summed E-state index contributed by atoms with van der Waals surface area (Å²) in [6.07, 6.45) is 0.804. The Labute approximate surface area is 99.8 Å². The van der Waals surface area contributed by atoms with E-state index < -0.39 is 0 Å². The minimum atomic E-state index is -0.306. The predicted octanol–water partition coefficient (Wildman–Crippen LogP) is 3.76. The lowest BCUT2D eigenvalue weighted by molar-refractivity contribution is -0.383. The summed E-state index contributed by atoms with van der Waals surface area (Å²) < 4.78 is 0. The molecule has 1 aromatic heterocycles. The van der Waals surface area contributed by atoms with Gasteiger partial charge in [0.1, 0.15) is 0 Å². The smallest absolute Gasteiger partial charge is 0.279 e. The number of H-pyrrole nitrogens is 1. The largest absolute Gasteiger partial charge is 0.358 e. The molecule has 0 aliphatic heterocycles. The van der Waals surface area contributed by atoms with Crippen LogP contribution in [0, 0.1) is 10.1 Å². The highest BCUT2D eigenvalue weighted by Crippen LogP contribution is 2.34. The molecule has 4 nitrogen and oxygen atoms in total. The molecule has 0 atom stereocenters. The number of hydrogen-bond acceptors (Lipinski definition) is 2. The molecule has 0 saturated carbocycles. The van der Waals surface area contributed by atoms with Crippen molar-refractivity contribution in [3.05, 3.63) is 39.6 Å². The lowest BCUT2D eigenvalue weighted by Crippen LogP contribution is -1.94. The van der Waals surface area contributed by atoms with Crippen molar-refractivity contribution in [2.75, 3.05) is 0 Å². The van der Waals surface area contributed by atoms with Crippen LogP contribution in [0.2, 0.25) is 0 Å². The number of rotatable bonds is 3. The van der Waals surface area contributed by atoms with Gasteiger partial charge in [-0.15, -0.1) is 0 Å². The number of fused-ring (bicyclic) bond motifs is 1. The molecule has 0 aliphatic carbocycles. The summed E-state index contributed by atoms with van der Waals surface area (Å²) in [5.41, 5.74) is 3.24. The van der Waals surface area contributed by atoms with Gasteiger partial charge in [0.2, 0.25) is 0 Å². The molecule has 0 radical (unpaired) electrons. The van der Waals surface area contributed by atoms with Gasteiger partial charge in [-0.1, -0.05) is 26.8 Å². The standard InChI is InChI=1S/C13H16N2O2/c1-4-9-12-10(14-13(9)8(2)3)6-5-7-11(12)15(16)17/h5-8,14H,4H2,1-3H3. The van der Waals surface area contributed by atoms with Gasteiger partial charge < -0.3 is 4.98 Å². The van der Waals surface area contributed by atoms with Crippen LogP contribution in [-0.2, 0) is 6.42 Å². The number of nitro benzene ring substituents is 1.